The number of aliphatic hydroxyl groups excluding tert-OH is 4. The molecule has 794 valence electrons. The minimum absolute atomic E-state index is 0. The third-order valence-corrected chi connectivity index (χ3v) is 29.6. The zero-order valence-corrected chi connectivity index (χ0v) is 91.1. The van der Waals surface area contributed by atoms with E-state index in [1.165, 1.54) is 9.80 Å². The standard InChI is InChI=1S/C29H32N4O4.C25H29N3O4.C20H25BrN2O4.C20H21N3O2.C11H16BNO2.C9H13NO3.ClH/c1-17(2)26(25-12-18(3)32-37-25)27(35)33-16-22(34)13-24(33)23-14-29(4,28(36)31-23)21-9-7-19(8-10-21)20-6-5-11-30-15-20;1-24(2,3)32-23(31)28-15-19(29)12-21(28)20-13-25(4,22(30)27-20)18-9-7-16(8-10-18)17-6-5-11-26-14-17;1-19(2,3)27-18(26)23-11-14(24)9-16(23)15-10-20(4,17(25)22-15)12-5-7-13(21)8-6-12;1-20(10-18(23-19(20)25)17-9-16(24)12-22-17)15-6-4-13(5-7-15)14-3-2-8-21-11-14;1-10(2)11(3,4)15-12(14-10)9-6-5-7-13-8-9;1-5(2)8(9(11)12)7-4-6(3)10-13-7;/h5-12,15,17,22,24,26,34H,13-14,16H2,1-4H3;5-11,14,19,21,29H,12-13,15H2,1-4H3;5-8,14,16,24H,9-11H2,1-4H3;2-8,11,16-17,22,24H,9-10,12H2,1H3;5-8H,1-4H3;4-5,8H,1-3H3,(H,11,12);1H/t22-,24?,26?,29?;19-,21?,25?;14-,16?,20?;16-,17?,20?;;;/m1111.../s1. The van der Waals surface area contributed by atoms with E-state index < -0.39 is 99.3 Å². The molecule has 5 saturated heterocycles. The molecule has 4 aromatic carbocycles. The van der Waals surface area contributed by atoms with Crippen molar-refractivity contribution in [2.24, 2.45) is 31.8 Å². The van der Waals surface area contributed by atoms with Crippen LogP contribution in [0.4, 0.5) is 9.59 Å². The number of nitrogens with zero attached hydrogens (tertiary/aromatic N) is 13. The van der Waals surface area contributed by atoms with Crippen LogP contribution in [0.3, 0.4) is 0 Å². The van der Waals surface area contributed by atoms with E-state index in [1.807, 2.05) is 242 Å². The predicted molar refractivity (Wildman–Crippen MR) is 577 cm³/mol. The summed E-state index contributed by atoms with van der Waals surface area (Å²) in [5.74, 6) is -1.99. The van der Waals surface area contributed by atoms with Crippen LogP contribution in [-0.4, -0.2) is 245 Å². The number of carbonyl (C=O) groups excluding carboxylic acids is 7. The number of carbonyl (C=O) groups is 8. The summed E-state index contributed by atoms with van der Waals surface area (Å²) < 4.78 is 34.1. The number of β-amino-alcohol motifs (C(OH)–C–C–N with tert-alkyl or cyclic N) is 4. The number of nitrogens with one attached hydrogen (secondary N) is 1. The van der Waals surface area contributed by atoms with Gasteiger partial charge in [-0.05, 0) is 221 Å². The van der Waals surface area contributed by atoms with Crippen LogP contribution in [0.2, 0.25) is 0 Å². The van der Waals surface area contributed by atoms with Crippen molar-refractivity contribution in [2.45, 2.75) is 294 Å². The van der Waals surface area contributed by atoms with Gasteiger partial charge < -0.3 is 63.6 Å². The number of aliphatic carboxylic acids is 1. The molecule has 14 atom stereocenters. The number of ether oxygens (including phenoxy) is 2. The molecule has 36 heteroatoms. The van der Waals surface area contributed by atoms with Crippen molar-refractivity contribution in [1.29, 1.82) is 0 Å². The van der Waals surface area contributed by atoms with Crippen molar-refractivity contribution in [3.05, 3.63) is 257 Å². The molecule has 15 heterocycles. The molecule has 7 amide bonds. The molecule has 9 aliphatic heterocycles. The SMILES string of the molecule is CC(C)(C)OC(=O)N1C[C@H](O)CC1C1=NC(=O)C(C)(c2ccc(-c3cccnc3)cc2)C1.CC(C)(C)OC(=O)N1C[C@H](O)CC1C1=NC(=O)C(C)(c2ccc(Br)cc2)C1.CC1(C)OB(c2cccnc2)OC1(C)C.CC1(c2ccc(-c3cccnc3)cc2)CC(C2C[C@@H](O)CN2)=NC1=O.Cc1cc(C(C(=O)N2C[C@H](O)CC2C2=NC(=O)C(C)(c3ccc(-c4cccnc4)cc3)C2)C(C)C)on1.Cc1cc(C(C(=O)O)C(C)C)on1.Cl. The number of aromatic nitrogens is 6. The summed E-state index contributed by atoms with van der Waals surface area (Å²) in [4.78, 5) is 140. The van der Waals surface area contributed by atoms with Gasteiger partial charge in [0.05, 0.1) is 99.9 Å². The number of aliphatic imine (C=N–C) groups is 4. The Morgan fingerprint density at radius 2 is 0.753 bits per heavy atom. The molecule has 10 unspecified atom stereocenters. The number of hydrogen-bond acceptors (Lipinski definition) is 25. The zero-order chi connectivity index (χ0) is 108. The monoisotopic (exact) mass is 2130 g/mol. The molecular weight excluding hydrogens is 2000 g/mol. The smallest absolute Gasteiger partial charge is 0.481 e. The molecule has 0 saturated carbocycles. The Morgan fingerprint density at radius 3 is 1.05 bits per heavy atom. The topological polar surface area (TPSA) is 449 Å². The maximum atomic E-state index is 13.8. The number of halogens is 2. The van der Waals surface area contributed by atoms with Gasteiger partial charge in [0.1, 0.15) is 28.8 Å². The van der Waals surface area contributed by atoms with Gasteiger partial charge in [-0.15, -0.1) is 12.4 Å². The summed E-state index contributed by atoms with van der Waals surface area (Å²) in [6.07, 6.45) is 14.3. The molecule has 9 aliphatic rings. The minimum Gasteiger partial charge on any atom is -0.481 e. The van der Waals surface area contributed by atoms with Crippen LogP contribution in [0, 0.1) is 25.7 Å². The third kappa shape index (κ3) is 26.5. The second-order valence-electron chi connectivity index (χ2n) is 44.4. The normalized spacial score (nSPS) is 25.0. The zero-order valence-electron chi connectivity index (χ0n) is 88.7. The van der Waals surface area contributed by atoms with E-state index in [9.17, 15) is 58.8 Å². The van der Waals surface area contributed by atoms with Crippen molar-refractivity contribution in [2.75, 3.05) is 26.2 Å². The Labute approximate surface area is 890 Å². The van der Waals surface area contributed by atoms with Crippen LogP contribution < -0.4 is 10.8 Å². The Morgan fingerprint density at radius 1 is 0.433 bits per heavy atom. The van der Waals surface area contributed by atoms with E-state index in [-0.39, 0.29) is 104 Å². The summed E-state index contributed by atoms with van der Waals surface area (Å²) in [6, 6.07) is 49.2. The Balaban J connectivity index is 0.000000154. The fourth-order valence-electron chi connectivity index (χ4n) is 20.0. The third-order valence-electron chi connectivity index (χ3n) is 29.1. The molecule has 6 N–H and O–H groups in total. The average molecular weight is 2130 g/mol. The van der Waals surface area contributed by atoms with Crippen LogP contribution in [0.5, 0.6) is 0 Å². The molecule has 5 fully saturated rings. The molecule has 0 radical (unpaired) electrons. The first-order valence-corrected chi connectivity index (χ1v) is 51.4. The number of aryl methyl sites for hydroxylation is 2. The molecule has 0 bridgehead atoms. The van der Waals surface area contributed by atoms with Crippen molar-refractivity contribution >= 4 is 111 Å². The first-order valence-electron chi connectivity index (χ1n) is 50.6. The van der Waals surface area contributed by atoms with E-state index in [1.54, 1.807) is 109 Å². The number of likely N-dealkylation sites (tertiary alicyclic amines) is 3. The highest BCUT2D eigenvalue weighted by Crippen LogP contribution is 2.46. The van der Waals surface area contributed by atoms with Gasteiger partial charge in [-0.1, -0.05) is 163 Å². The van der Waals surface area contributed by atoms with E-state index in [2.05, 4.69) is 71.5 Å². The highest BCUT2D eigenvalue weighted by Gasteiger charge is 2.55. The van der Waals surface area contributed by atoms with Crippen LogP contribution in [-0.2, 0) is 69.2 Å². The Bertz CT molecular complexity index is 6570. The van der Waals surface area contributed by atoms with Crippen LogP contribution in [0.15, 0.2) is 241 Å². The predicted octanol–water partition coefficient (Wildman–Crippen LogP) is 17.0. The number of aliphatic hydroxyl groups is 4. The van der Waals surface area contributed by atoms with Crippen molar-refractivity contribution in [3.8, 4) is 33.4 Å². The number of rotatable bonds is 18. The summed E-state index contributed by atoms with van der Waals surface area (Å²) in [5, 5.41) is 60.4. The lowest BCUT2D eigenvalue weighted by molar-refractivity contribution is -0.140. The summed E-state index contributed by atoms with van der Waals surface area (Å²) in [6.45, 7) is 38.9. The minimum atomic E-state index is -0.869. The molecule has 6 aromatic heterocycles. The molecule has 0 spiro atoms. The Hall–Kier alpha value is -12.7. The number of pyridine rings is 4. The van der Waals surface area contributed by atoms with Crippen LogP contribution >= 0.6 is 28.3 Å². The van der Waals surface area contributed by atoms with Crippen molar-refractivity contribution in [3.63, 3.8) is 0 Å². The van der Waals surface area contributed by atoms with Crippen LogP contribution in [0.25, 0.3) is 33.4 Å². The maximum Gasteiger partial charge on any atom is 0.496 e. The molecule has 0 aliphatic carbocycles. The molecule has 33 nitrogen and oxygen atoms in total. The van der Waals surface area contributed by atoms with E-state index in [0.717, 1.165) is 71.3 Å². The molecule has 19 rings (SSSR count). The number of benzene rings is 4. The van der Waals surface area contributed by atoms with Gasteiger partial charge in [-0.3, -0.25) is 58.5 Å². The quantitative estimate of drug-likeness (QED) is 0.0434. The van der Waals surface area contributed by atoms with Gasteiger partial charge in [-0.25, -0.2) is 29.6 Å². The second kappa shape index (κ2) is 47.0. The fourth-order valence-corrected chi connectivity index (χ4v) is 20.2. The number of hydrogen-bond donors (Lipinski definition) is 6. The van der Waals surface area contributed by atoms with Crippen molar-refractivity contribution < 1.29 is 91.7 Å². The number of carboxylic acid groups (broad SMARTS) is 1. The first kappa shape index (κ1) is 114. The highest BCUT2D eigenvalue weighted by atomic mass is 79.9. The van der Waals surface area contributed by atoms with E-state index in [4.69, 9.17) is 32.9 Å². The Kier molecular flexibility index (Phi) is 35.9. The highest BCUT2D eigenvalue weighted by molar-refractivity contribution is 9.10. The lowest BCUT2D eigenvalue weighted by Crippen LogP contribution is -2.44. The van der Waals surface area contributed by atoms with Crippen LogP contribution in [0.1, 0.15) is 233 Å². The summed E-state index contributed by atoms with van der Waals surface area (Å²) >= 11 is 3.41. The number of carboxylic acids is 1. The average Bonchev–Trinajstić information content (AvgIpc) is 1.66. The summed E-state index contributed by atoms with van der Waals surface area (Å²) in [5.41, 5.74) is 10.1. The molecule has 150 heavy (non-hydrogen) atoms. The number of amides is 7. The van der Waals surface area contributed by atoms with Gasteiger partial charge in [0.15, 0.2) is 5.76 Å². The maximum absolute atomic E-state index is 13.8. The lowest BCUT2D eigenvalue weighted by Gasteiger charge is -2.32. The van der Waals surface area contributed by atoms with Gasteiger partial charge in [0.25, 0.3) is 23.6 Å². The van der Waals surface area contributed by atoms with Gasteiger partial charge in [-0.2, -0.15) is 0 Å². The molecular formula is C114H137BBrClN14O19. The van der Waals surface area contributed by atoms with Gasteiger partial charge in [0, 0.05) is 159 Å². The van der Waals surface area contributed by atoms with Gasteiger partial charge >= 0.3 is 25.3 Å². The lowest BCUT2D eigenvalue weighted by atomic mass is 9.78. The van der Waals surface area contributed by atoms with Crippen molar-refractivity contribution in [1.82, 2.24) is 50.3 Å². The molecule has 10 aromatic rings. The van der Waals surface area contributed by atoms with E-state index >= 15 is 0 Å². The second-order valence-corrected chi connectivity index (χ2v) is 45.3. The first-order chi connectivity index (χ1) is 70.2. The summed E-state index contributed by atoms with van der Waals surface area (Å²) in [7, 11) is -0.302. The van der Waals surface area contributed by atoms with Gasteiger partial charge in [0.2, 0.25) is 5.91 Å². The largest absolute Gasteiger partial charge is 0.496 e. The van der Waals surface area contributed by atoms with E-state index in [0.29, 0.717) is 98.0 Å². The fraction of sp³-hybridized carbons (Fsp3) is 0.456.